The van der Waals surface area contributed by atoms with Crippen molar-refractivity contribution in [2.45, 2.75) is 6.92 Å². The van der Waals surface area contributed by atoms with Gasteiger partial charge in [-0.3, -0.25) is 4.98 Å². The zero-order chi connectivity index (χ0) is 17.1. The molecular weight excluding hydrogens is 305 g/mol. The number of methoxy groups -OCH3 is 1. The average molecular weight is 319 g/mol. The van der Waals surface area contributed by atoms with Gasteiger partial charge in [-0.1, -0.05) is 29.8 Å². The van der Waals surface area contributed by atoms with Crippen molar-refractivity contribution in [3.05, 3.63) is 65.6 Å². The molecule has 5 heteroatoms. The molecule has 2 heterocycles. The van der Waals surface area contributed by atoms with Gasteiger partial charge in [0.2, 0.25) is 5.88 Å². The van der Waals surface area contributed by atoms with Gasteiger partial charge < -0.3 is 4.74 Å². The van der Waals surface area contributed by atoms with Crippen LogP contribution in [0.15, 0.2) is 48.7 Å². The first-order valence-corrected chi connectivity index (χ1v) is 7.31. The van der Waals surface area contributed by atoms with Crippen molar-refractivity contribution in [2.75, 3.05) is 7.11 Å². The molecule has 3 rings (SSSR count). The SMILES string of the molecule is COc1nc(-c2ncccc2F)cc(-c2ccc(C)cc2)c1C#N. The number of pyridine rings is 2. The van der Waals surface area contributed by atoms with Crippen molar-refractivity contribution in [1.29, 1.82) is 5.26 Å². The molecule has 0 spiro atoms. The number of aryl methyl sites for hydroxylation is 1. The van der Waals surface area contributed by atoms with Crippen LogP contribution in [0.25, 0.3) is 22.5 Å². The molecule has 0 fully saturated rings. The van der Waals surface area contributed by atoms with E-state index in [1.54, 1.807) is 6.07 Å². The van der Waals surface area contributed by atoms with E-state index in [2.05, 4.69) is 16.0 Å². The van der Waals surface area contributed by atoms with Crippen molar-refractivity contribution >= 4 is 0 Å². The number of nitrogens with zero attached hydrogens (tertiary/aromatic N) is 3. The number of rotatable bonds is 3. The first kappa shape index (κ1) is 15.6. The first-order chi connectivity index (χ1) is 11.6. The van der Waals surface area contributed by atoms with E-state index in [1.165, 1.54) is 25.4 Å². The van der Waals surface area contributed by atoms with E-state index in [0.29, 0.717) is 16.8 Å². The summed E-state index contributed by atoms with van der Waals surface area (Å²) in [5.41, 5.74) is 3.31. The van der Waals surface area contributed by atoms with Crippen LogP contribution in [-0.2, 0) is 0 Å². The fourth-order valence-corrected chi connectivity index (χ4v) is 2.43. The Kier molecular flexibility index (Phi) is 4.21. The third-order valence-corrected chi connectivity index (χ3v) is 3.66. The molecule has 118 valence electrons. The van der Waals surface area contributed by atoms with Crippen molar-refractivity contribution in [2.24, 2.45) is 0 Å². The van der Waals surface area contributed by atoms with E-state index in [9.17, 15) is 9.65 Å². The molecule has 0 atom stereocenters. The van der Waals surface area contributed by atoms with Crippen LogP contribution in [0.5, 0.6) is 5.88 Å². The van der Waals surface area contributed by atoms with Crippen molar-refractivity contribution < 1.29 is 9.13 Å². The Bertz CT molecular complexity index is 930. The van der Waals surface area contributed by atoms with E-state index >= 15 is 0 Å². The monoisotopic (exact) mass is 319 g/mol. The van der Waals surface area contributed by atoms with Crippen LogP contribution in [0.1, 0.15) is 11.1 Å². The van der Waals surface area contributed by atoms with Gasteiger partial charge in [0.1, 0.15) is 17.3 Å². The molecule has 0 aliphatic heterocycles. The van der Waals surface area contributed by atoms with Crippen LogP contribution in [0.4, 0.5) is 4.39 Å². The lowest BCUT2D eigenvalue weighted by Gasteiger charge is -2.11. The topological polar surface area (TPSA) is 58.8 Å². The summed E-state index contributed by atoms with van der Waals surface area (Å²) >= 11 is 0. The van der Waals surface area contributed by atoms with Crippen LogP contribution in [0, 0.1) is 24.1 Å². The summed E-state index contributed by atoms with van der Waals surface area (Å²) in [7, 11) is 1.43. The minimum Gasteiger partial charge on any atom is -0.480 e. The fraction of sp³-hybridized carbons (Fsp3) is 0.105. The van der Waals surface area contributed by atoms with Crippen LogP contribution < -0.4 is 4.74 Å². The maximum atomic E-state index is 14.1. The van der Waals surface area contributed by atoms with Crippen LogP contribution >= 0.6 is 0 Å². The third-order valence-electron chi connectivity index (χ3n) is 3.66. The molecule has 0 aliphatic rings. The molecule has 3 aromatic rings. The highest BCUT2D eigenvalue weighted by molar-refractivity contribution is 5.77. The summed E-state index contributed by atoms with van der Waals surface area (Å²) in [6.07, 6.45) is 1.50. The Morgan fingerprint density at radius 2 is 1.92 bits per heavy atom. The van der Waals surface area contributed by atoms with Crippen LogP contribution in [0.3, 0.4) is 0 Å². The van der Waals surface area contributed by atoms with Crippen molar-refractivity contribution in [3.63, 3.8) is 0 Å². The minimum atomic E-state index is -0.480. The quantitative estimate of drug-likeness (QED) is 0.728. The highest BCUT2D eigenvalue weighted by atomic mass is 19.1. The molecule has 0 aliphatic carbocycles. The molecule has 0 bridgehead atoms. The molecule has 4 nitrogen and oxygen atoms in total. The molecule has 1 aromatic carbocycles. The standard InChI is InChI=1S/C19H14FN3O/c1-12-5-7-13(8-6-12)14-10-17(18-16(20)4-3-9-22-18)23-19(24-2)15(14)11-21/h3-10H,1-2H3. The second-order valence-corrected chi connectivity index (χ2v) is 5.25. The zero-order valence-electron chi connectivity index (χ0n) is 13.2. The Morgan fingerprint density at radius 3 is 2.54 bits per heavy atom. The third kappa shape index (κ3) is 2.82. The molecule has 2 aromatic heterocycles. The molecule has 0 radical (unpaired) electrons. The molecule has 24 heavy (non-hydrogen) atoms. The van der Waals surface area contributed by atoms with E-state index in [-0.39, 0.29) is 11.6 Å². The number of hydrogen-bond donors (Lipinski definition) is 0. The molecular formula is C19H14FN3O. The predicted molar refractivity (Wildman–Crippen MR) is 88.9 cm³/mol. The van der Waals surface area contributed by atoms with Crippen LogP contribution in [0.2, 0.25) is 0 Å². The summed E-state index contributed by atoms with van der Waals surface area (Å²) in [4.78, 5) is 8.30. The molecule has 0 amide bonds. The predicted octanol–water partition coefficient (Wildman–Crippen LogP) is 4.14. The number of aromatic nitrogens is 2. The number of nitriles is 1. The summed E-state index contributed by atoms with van der Waals surface area (Å²) in [5.74, 6) is -0.331. The van der Waals surface area contributed by atoms with Gasteiger partial charge in [0.15, 0.2) is 5.82 Å². The summed E-state index contributed by atoms with van der Waals surface area (Å²) in [5, 5.41) is 9.50. The zero-order valence-corrected chi connectivity index (χ0v) is 13.2. The van der Waals surface area contributed by atoms with Gasteiger partial charge >= 0.3 is 0 Å². The second-order valence-electron chi connectivity index (χ2n) is 5.25. The van der Waals surface area contributed by atoms with Gasteiger partial charge in [0.05, 0.1) is 12.8 Å². The summed E-state index contributed by atoms with van der Waals surface area (Å²) < 4.78 is 19.3. The normalized spacial score (nSPS) is 10.2. The summed E-state index contributed by atoms with van der Waals surface area (Å²) in [6, 6.07) is 14.3. The summed E-state index contributed by atoms with van der Waals surface area (Å²) in [6.45, 7) is 1.98. The van der Waals surface area contributed by atoms with Crippen molar-refractivity contribution in [3.8, 4) is 34.5 Å². The van der Waals surface area contributed by atoms with Gasteiger partial charge in [-0.05, 0) is 30.7 Å². The number of ether oxygens (including phenoxy) is 1. The molecule has 0 saturated heterocycles. The highest BCUT2D eigenvalue weighted by Gasteiger charge is 2.18. The Balaban J connectivity index is 2.28. The van der Waals surface area contributed by atoms with E-state index in [0.717, 1.165) is 11.1 Å². The van der Waals surface area contributed by atoms with Crippen molar-refractivity contribution in [1.82, 2.24) is 9.97 Å². The first-order valence-electron chi connectivity index (χ1n) is 7.31. The van der Waals surface area contributed by atoms with Gasteiger partial charge in [-0.2, -0.15) is 5.26 Å². The lowest BCUT2D eigenvalue weighted by atomic mass is 9.99. The fourth-order valence-electron chi connectivity index (χ4n) is 2.43. The largest absolute Gasteiger partial charge is 0.480 e. The lowest BCUT2D eigenvalue weighted by molar-refractivity contribution is 0.397. The Morgan fingerprint density at radius 1 is 1.17 bits per heavy atom. The minimum absolute atomic E-state index is 0.119. The van der Waals surface area contributed by atoms with E-state index < -0.39 is 5.82 Å². The Hall–Kier alpha value is -3.26. The lowest BCUT2D eigenvalue weighted by Crippen LogP contribution is -1.99. The number of halogens is 1. The number of hydrogen-bond acceptors (Lipinski definition) is 4. The smallest absolute Gasteiger partial charge is 0.232 e. The van der Waals surface area contributed by atoms with E-state index in [4.69, 9.17) is 4.74 Å². The molecule has 0 saturated carbocycles. The Labute approximate surface area is 139 Å². The average Bonchev–Trinajstić information content (AvgIpc) is 2.61. The van der Waals surface area contributed by atoms with Gasteiger partial charge in [-0.25, -0.2) is 9.37 Å². The van der Waals surface area contributed by atoms with Gasteiger partial charge in [-0.15, -0.1) is 0 Å². The highest BCUT2D eigenvalue weighted by Crippen LogP contribution is 2.33. The van der Waals surface area contributed by atoms with Crippen LogP contribution in [-0.4, -0.2) is 17.1 Å². The second kappa shape index (κ2) is 6.47. The number of benzene rings is 1. The molecule has 0 unspecified atom stereocenters. The maximum absolute atomic E-state index is 14.1. The molecule has 0 N–H and O–H groups in total. The van der Waals surface area contributed by atoms with Gasteiger partial charge in [0, 0.05) is 11.8 Å². The van der Waals surface area contributed by atoms with E-state index in [1.807, 2.05) is 31.2 Å². The maximum Gasteiger partial charge on any atom is 0.232 e. The van der Waals surface area contributed by atoms with Gasteiger partial charge in [0.25, 0.3) is 0 Å².